The van der Waals surface area contributed by atoms with Crippen molar-refractivity contribution < 1.29 is 35.8 Å². The summed E-state index contributed by atoms with van der Waals surface area (Å²) < 4.78 is 94.5. The van der Waals surface area contributed by atoms with Crippen LogP contribution in [0.25, 0.3) is 0 Å². The average Bonchev–Trinajstić information content (AvgIpc) is 2.65. The van der Waals surface area contributed by atoms with Crippen LogP contribution < -0.4 is 9.47 Å². The molecule has 156 valence electrons. The van der Waals surface area contributed by atoms with Gasteiger partial charge in [-0.3, -0.25) is 0 Å². The molecule has 0 aliphatic rings. The van der Waals surface area contributed by atoms with Crippen molar-refractivity contribution in [2.24, 2.45) is 0 Å². The third kappa shape index (κ3) is 4.41. The fourth-order valence-electron chi connectivity index (χ4n) is 2.89. The van der Waals surface area contributed by atoms with Crippen LogP contribution in [-0.2, 0) is 5.41 Å². The van der Waals surface area contributed by atoms with Crippen LogP contribution in [0.4, 0.5) is 26.3 Å². The van der Waals surface area contributed by atoms with E-state index in [0.717, 1.165) is 48.5 Å². The molecule has 0 heterocycles. The maximum atomic E-state index is 14.0. The smallest absolute Gasteiger partial charge is 0.411 e. The highest BCUT2D eigenvalue weighted by Crippen LogP contribution is 2.56. The second kappa shape index (κ2) is 8.63. The van der Waals surface area contributed by atoms with Crippen molar-refractivity contribution in [3.05, 3.63) is 85.0 Å². The van der Waals surface area contributed by atoms with Gasteiger partial charge in [-0.1, -0.05) is 49.6 Å². The van der Waals surface area contributed by atoms with E-state index in [1.165, 1.54) is 12.2 Å². The third-order valence-corrected chi connectivity index (χ3v) is 4.16. The zero-order valence-corrected chi connectivity index (χ0v) is 15.2. The van der Waals surface area contributed by atoms with Crippen LogP contribution in [0.2, 0.25) is 0 Å². The Morgan fingerprint density at radius 2 is 0.931 bits per heavy atom. The summed E-state index contributed by atoms with van der Waals surface area (Å²) in [6, 6.07) is 7.31. The van der Waals surface area contributed by atoms with Crippen LogP contribution in [0.15, 0.2) is 73.8 Å². The van der Waals surface area contributed by atoms with E-state index in [2.05, 4.69) is 13.2 Å². The first kappa shape index (κ1) is 22.4. The van der Waals surface area contributed by atoms with Gasteiger partial charge in [-0.25, -0.2) is 0 Å². The van der Waals surface area contributed by atoms with Gasteiger partial charge in [0, 0.05) is 0 Å². The first-order valence-electron chi connectivity index (χ1n) is 8.40. The van der Waals surface area contributed by atoms with Gasteiger partial charge in [0.15, 0.2) is 0 Å². The number of rotatable bonds is 8. The quantitative estimate of drug-likeness (QED) is 0.375. The molecule has 2 nitrogen and oxygen atoms in total. The van der Waals surface area contributed by atoms with Crippen LogP contribution in [0.3, 0.4) is 0 Å². The minimum absolute atomic E-state index is 0.0647. The summed E-state index contributed by atoms with van der Waals surface area (Å²) in [5.41, 5.74) is -6.15. The van der Waals surface area contributed by atoms with Gasteiger partial charge in [-0.05, 0) is 35.4 Å². The van der Waals surface area contributed by atoms with E-state index in [1.807, 2.05) is 0 Å². The molecule has 2 rings (SSSR count). The molecule has 0 aromatic heterocycles. The summed E-state index contributed by atoms with van der Waals surface area (Å²) in [5, 5.41) is 0. The Hall–Kier alpha value is -2.90. The summed E-state index contributed by atoms with van der Waals surface area (Å²) in [6.45, 7) is 6.98. The second-order valence-electron chi connectivity index (χ2n) is 5.99. The third-order valence-electron chi connectivity index (χ3n) is 4.16. The first-order valence-corrected chi connectivity index (χ1v) is 8.40. The molecule has 0 bridgehead atoms. The molecule has 0 atom stereocenters. The van der Waals surface area contributed by atoms with Crippen molar-refractivity contribution in [3.63, 3.8) is 0 Å². The van der Waals surface area contributed by atoms with Crippen molar-refractivity contribution in [2.45, 2.75) is 17.8 Å². The van der Waals surface area contributed by atoms with E-state index in [-0.39, 0.29) is 24.7 Å². The molecule has 0 fully saturated rings. The van der Waals surface area contributed by atoms with Crippen molar-refractivity contribution >= 4 is 0 Å². The lowest BCUT2D eigenvalue weighted by Gasteiger charge is -2.38. The van der Waals surface area contributed by atoms with Gasteiger partial charge in [0.1, 0.15) is 24.7 Å². The summed E-state index contributed by atoms with van der Waals surface area (Å²) in [4.78, 5) is 0. The molecule has 29 heavy (non-hydrogen) atoms. The van der Waals surface area contributed by atoms with Gasteiger partial charge in [-0.2, -0.15) is 26.3 Å². The van der Waals surface area contributed by atoms with Crippen LogP contribution in [0.5, 0.6) is 11.5 Å². The largest absolute Gasteiger partial charge is 0.490 e. The topological polar surface area (TPSA) is 18.5 Å². The zero-order valence-electron chi connectivity index (χ0n) is 15.2. The Morgan fingerprint density at radius 3 is 1.17 bits per heavy atom. The van der Waals surface area contributed by atoms with Crippen molar-refractivity contribution in [1.29, 1.82) is 0 Å². The molecule has 0 saturated carbocycles. The number of hydrogen-bond acceptors (Lipinski definition) is 2. The molecule has 0 saturated heterocycles. The monoisotopic (exact) mass is 416 g/mol. The number of hydrogen-bond donors (Lipinski definition) is 0. The molecule has 2 aromatic carbocycles. The maximum absolute atomic E-state index is 14.0. The highest BCUT2D eigenvalue weighted by molar-refractivity contribution is 5.47. The molecule has 0 aliphatic carbocycles. The SMILES string of the molecule is C=CCOc1ccc(C(c2ccc(OCC=C)cc2)(C(F)(F)F)C(F)(F)F)cc1. The van der Waals surface area contributed by atoms with Gasteiger partial charge in [0.05, 0.1) is 0 Å². The van der Waals surface area contributed by atoms with E-state index in [4.69, 9.17) is 9.47 Å². The van der Waals surface area contributed by atoms with Crippen molar-refractivity contribution in [3.8, 4) is 11.5 Å². The van der Waals surface area contributed by atoms with Gasteiger partial charge < -0.3 is 9.47 Å². The van der Waals surface area contributed by atoms with Gasteiger partial charge >= 0.3 is 12.4 Å². The minimum Gasteiger partial charge on any atom is -0.490 e. The van der Waals surface area contributed by atoms with Gasteiger partial charge in [0.25, 0.3) is 0 Å². The second-order valence-corrected chi connectivity index (χ2v) is 5.99. The minimum atomic E-state index is -5.65. The Bertz CT molecular complexity index is 749. The van der Waals surface area contributed by atoms with Crippen LogP contribution >= 0.6 is 0 Å². The molecule has 0 spiro atoms. The van der Waals surface area contributed by atoms with E-state index in [1.54, 1.807) is 0 Å². The molecule has 0 N–H and O–H groups in total. The number of benzene rings is 2. The molecular formula is C21H18F6O2. The van der Waals surface area contributed by atoms with E-state index in [0.29, 0.717) is 0 Å². The van der Waals surface area contributed by atoms with E-state index in [9.17, 15) is 26.3 Å². The summed E-state index contributed by atoms with van der Waals surface area (Å²) in [6.07, 6.45) is -8.50. The van der Waals surface area contributed by atoms with E-state index >= 15 is 0 Å². The predicted molar refractivity (Wildman–Crippen MR) is 97.2 cm³/mol. The predicted octanol–water partition coefficient (Wildman–Crippen LogP) is 6.23. The Balaban J connectivity index is 2.63. The Kier molecular flexibility index (Phi) is 6.66. The molecule has 0 amide bonds. The first-order chi connectivity index (χ1) is 13.6. The summed E-state index contributed by atoms with van der Waals surface area (Å²) in [5.74, 6) is 0.250. The molecular weight excluding hydrogens is 398 g/mol. The number of halogens is 6. The van der Waals surface area contributed by atoms with Crippen LogP contribution in [0.1, 0.15) is 11.1 Å². The van der Waals surface area contributed by atoms with E-state index < -0.39 is 28.9 Å². The maximum Gasteiger partial charge on any atom is 0.411 e. The van der Waals surface area contributed by atoms with Crippen LogP contribution in [-0.4, -0.2) is 25.6 Å². The molecule has 8 heteroatoms. The highest BCUT2D eigenvalue weighted by Gasteiger charge is 2.72. The number of ether oxygens (including phenoxy) is 2. The Labute approximate surface area is 164 Å². The van der Waals surface area contributed by atoms with Crippen molar-refractivity contribution in [1.82, 2.24) is 0 Å². The number of alkyl halides is 6. The fraction of sp³-hybridized carbons (Fsp3) is 0.238. The Morgan fingerprint density at radius 1 is 0.621 bits per heavy atom. The molecule has 0 aliphatic heterocycles. The lowest BCUT2D eigenvalue weighted by molar-refractivity contribution is -0.288. The fourth-order valence-corrected chi connectivity index (χ4v) is 2.89. The summed E-state index contributed by atoms with van der Waals surface area (Å²) in [7, 11) is 0. The molecule has 0 radical (unpaired) electrons. The standard InChI is InChI=1S/C21H18F6O2/c1-3-13-28-17-9-5-15(6-10-17)19(20(22,23)24,21(25,26)27)16-7-11-18(12-8-16)29-14-4-2/h3-12H,1-2,13-14H2. The summed E-state index contributed by atoms with van der Waals surface area (Å²) >= 11 is 0. The van der Waals surface area contributed by atoms with Gasteiger partial charge in [-0.15, -0.1) is 0 Å². The highest BCUT2D eigenvalue weighted by atomic mass is 19.4. The van der Waals surface area contributed by atoms with Crippen molar-refractivity contribution in [2.75, 3.05) is 13.2 Å². The normalized spacial score (nSPS) is 12.3. The lowest BCUT2D eigenvalue weighted by Crippen LogP contribution is -2.54. The average molecular weight is 416 g/mol. The molecule has 2 aromatic rings. The van der Waals surface area contributed by atoms with Gasteiger partial charge in [0.2, 0.25) is 5.41 Å². The zero-order chi connectivity index (χ0) is 21.7. The molecule has 0 unspecified atom stereocenters. The lowest BCUT2D eigenvalue weighted by atomic mass is 9.73. The van der Waals surface area contributed by atoms with Crippen LogP contribution in [0, 0.1) is 0 Å².